The van der Waals surface area contributed by atoms with Gasteiger partial charge in [-0.3, -0.25) is 9.59 Å². The number of hydrogen-bond donors (Lipinski definition) is 3. The van der Waals surface area contributed by atoms with Crippen LogP contribution >= 0.6 is 0 Å². The van der Waals surface area contributed by atoms with Gasteiger partial charge in [0.1, 0.15) is 5.65 Å². The molecule has 2 aromatic rings. The number of rotatable bonds is 3. The summed E-state index contributed by atoms with van der Waals surface area (Å²) >= 11 is 0. The minimum absolute atomic E-state index is 0.199. The van der Waals surface area contributed by atoms with Gasteiger partial charge in [-0.15, -0.1) is 0 Å². The predicted molar refractivity (Wildman–Crippen MR) is 104 cm³/mol. The fourth-order valence-electron chi connectivity index (χ4n) is 4.57. The Balaban J connectivity index is 1.59. The van der Waals surface area contributed by atoms with E-state index in [0.717, 1.165) is 42.4 Å². The van der Waals surface area contributed by atoms with Crippen LogP contribution in [0.2, 0.25) is 0 Å². The van der Waals surface area contributed by atoms with Gasteiger partial charge >= 0.3 is 0 Å². The molecule has 4 rings (SSSR count). The van der Waals surface area contributed by atoms with Crippen molar-refractivity contribution in [3.05, 3.63) is 24.0 Å². The Morgan fingerprint density at radius 1 is 1.26 bits per heavy atom. The summed E-state index contributed by atoms with van der Waals surface area (Å²) in [5, 5.41) is 4.43. The minimum atomic E-state index is -0.489. The van der Waals surface area contributed by atoms with Gasteiger partial charge < -0.3 is 20.9 Å². The van der Waals surface area contributed by atoms with E-state index in [2.05, 4.69) is 20.2 Å². The molecule has 3 atom stereocenters. The van der Waals surface area contributed by atoms with Gasteiger partial charge in [0.25, 0.3) is 5.91 Å². The first kappa shape index (κ1) is 17.8. The van der Waals surface area contributed by atoms with Gasteiger partial charge in [0.05, 0.1) is 11.3 Å². The molecular weight excluding hydrogens is 342 g/mol. The molecule has 0 spiro atoms. The maximum atomic E-state index is 12.9. The molecule has 4 N–H and O–H groups in total. The Morgan fingerprint density at radius 3 is 2.52 bits per heavy atom. The molecule has 144 valence electrons. The molecule has 0 radical (unpaired) electrons. The second kappa shape index (κ2) is 6.25. The van der Waals surface area contributed by atoms with Crippen LogP contribution in [0.3, 0.4) is 0 Å². The minimum Gasteiger partial charge on any atom is -0.381 e. The van der Waals surface area contributed by atoms with Crippen LogP contribution in [0, 0.1) is 5.41 Å². The van der Waals surface area contributed by atoms with Crippen molar-refractivity contribution in [1.29, 1.82) is 0 Å². The van der Waals surface area contributed by atoms with Crippen molar-refractivity contribution in [1.82, 2.24) is 14.9 Å². The first-order valence-electron chi connectivity index (χ1n) is 9.61. The molecule has 7 heteroatoms. The summed E-state index contributed by atoms with van der Waals surface area (Å²) in [4.78, 5) is 34.2. The highest BCUT2D eigenvalue weighted by atomic mass is 16.2. The average molecular weight is 369 g/mol. The summed E-state index contributed by atoms with van der Waals surface area (Å²) < 4.78 is 0. The van der Waals surface area contributed by atoms with Crippen molar-refractivity contribution in [2.75, 3.05) is 5.32 Å². The van der Waals surface area contributed by atoms with Gasteiger partial charge in [0.15, 0.2) is 0 Å². The molecular formula is C20H27N5O2. The summed E-state index contributed by atoms with van der Waals surface area (Å²) in [5.74, 6) is -0.250. The molecule has 2 aliphatic heterocycles. The number of carbonyl (C=O) groups excluding carboxylic acids is 2. The van der Waals surface area contributed by atoms with Crippen LogP contribution < -0.4 is 11.1 Å². The highest BCUT2D eigenvalue weighted by Crippen LogP contribution is 2.40. The normalized spacial score (nSPS) is 25.0. The van der Waals surface area contributed by atoms with Crippen LogP contribution in [0.5, 0.6) is 0 Å². The summed E-state index contributed by atoms with van der Waals surface area (Å²) in [5.41, 5.74) is 7.09. The SMILES string of the molecule is CC(C)(C)C(=O)N1[C@@H]2CC[C@H]1C[C@H](Nc1c(C(N)=O)cnc3[nH]ccc13)C2. The van der Waals surface area contributed by atoms with Crippen molar-refractivity contribution in [2.24, 2.45) is 11.1 Å². The molecule has 0 aromatic carbocycles. The number of hydrogen-bond acceptors (Lipinski definition) is 4. The van der Waals surface area contributed by atoms with Crippen molar-refractivity contribution in [2.45, 2.75) is 64.6 Å². The average Bonchev–Trinajstić information content (AvgIpc) is 3.16. The van der Waals surface area contributed by atoms with Gasteiger partial charge in [-0.2, -0.15) is 0 Å². The van der Waals surface area contributed by atoms with Crippen molar-refractivity contribution in [3.63, 3.8) is 0 Å². The van der Waals surface area contributed by atoms with E-state index in [1.54, 1.807) is 0 Å². The highest BCUT2D eigenvalue weighted by Gasteiger charge is 2.45. The molecule has 2 amide bonds. The molecule has 2 saturated heterocycles. The van der Waals surface area contributed by atoms with E-state index in [4.69, 9.17) is 5.73 Å². The summed E-state index contributed by atoms with van der Waals surface area (Å²) in [6, 6.07) is 2.62. The number of nitrogens with two attached hydrogens (primary N) is 1. The number of primary amides is 1. The molecule has 27 heavy (non-hydrogen) atoms. The smallest absolute Gasteiger partial charge is 0.252 e. The number of pyridine rings is 1. The molecule has 0 unspecified atom stereocenters. The lowest BCUT2D eigenvalue weighted by Crippen LogP contribution is -2.53. The summed E-state index contributed by atoms with van der Waals surface area (Å²) in [6.45, 7) is 5.95. The monoisotopic (exact) mass is 369 g/mol. The zero-order chi connectivity index (χ0) is 19.3. The molecule has 2 aliphatic rings. The number of carbonyl (C=O) groups is 2. The van der Waals surface area contributed by atoms with Crippen LogP contribution in [-0.2, 0) is 4.79 Å². The van der Waals surface area contributed by atoms with Gasteiger partial charge in [-0.1, -0.05) is 20.8 Å². The number of nitrogens with one attached hydrogen (secondary N) is 2. The van der Waals surface area contributed by atoms with E-state index >= 15 is 0 Å². The topological polar surface area (TPSA) is 104 Å². The van der Waals surface area contributed by atoms with Crippen LogP contribution in [0.15, 0.2) is 18.5 Å². The zero-order valence-electron chi connectivity index (χ0n) is 16.1. The Labute approximate surface area is 158 Å². The second-order valence-corrected chi connectivity index (χ2v) is 8.81. The summed E-state index contributed by atoms with van der Waals surface area (Å²) in [7, 11) is 0. The van der Waals surface area contributed by atoms with Crippen molar-refractivity contribution in [3.8, 4) is 0 Å². The number of H-pyrrole nitrogens is 1. The summed E-state index contributed by atoms with van der Waals surface area (Å²) in [6.07, 6.45) is 7.18. The predicted octanol–water partition coefficient (Wildman–Crippen LogP) is 2.64. The number of aromatic nitrogens is 2. The quantitative estimate of drug-likeness (QED) is 0.773. The number of aromatic amines is 1. The number of piperidine rings is 1. The Bertz CT molecular complexity index is 883. The van der Waals surface area contributed by atoms with E-state index in [9.17, 15) is 9.59 Å². The fraction of sp³-hybridized carbons (Fsp3) is 0.550. The third-order valence-corrected chi connectivity index (χ3v) is 5.81. The van der Waals surface area contributed by atoms with Crippen molar-refractivity contribution >= 4 is 28.5 Å². The Kier molecular flexibility index (Phi) is 4.13. The first-order chi connectivity index (χ1) is 12.8. The van der Waals surface area contributed by atoms with Crippen LogP contribution in [-0.4, -0.2) is 44.8 Å². The van der Waals surface area contributed by atoms with Crippen molar-refractivity contribution < 1.29 is 9.59 Å². The molecule has 2 aromatic heterocycles. The molecule has 4 heterocycles. The van der Waals surface area contributed by atoms with Gasteiger partial charge in [0, 0.05) is 41.3 Å². The second-order valence-electron chi connectivity index (χ2n) is 8.81. The molecule has 0 saturated carbocycles. The number of amides is 2. The van der Waals surface area contributed by atoms with Crippen LogP contribution in [0.1, 0.15) is 56.8 Å². The Morgan fingerprint density at radius 2 is 1.93 bits per heavy atom. The van der Waals surface area contributed by atoms with Gasteiger partial charge in [0.2, 0.25) is 5.91 Å². The van der Waals surface area contributed by atoms with Crippen LogP contribution in [0.4, 0.5) is 5.69 Å². The maximum Gasteiger partial charge on any atom is 0.252 e. The Hall–Kier alpha value is -2.57. The van der Waals surface area contributed by atoms with Crippen LogP contribution in [0.25, 0.3) is 11.0 Å². The van der Waals surface area contributed by atoms with E-state index < -0.39 is 5.91 Å². The van der Waals surface area contributed by atoms with E-state index in [0.29, 0.717) is 5.56 Å². The number of fused-ring (bicyclic) bond motifs is 3. The molecule has 2 bridgehead atoms. The number of anilines is 1. The maximum absolute atomic E-state index is 12.9. The fourth-order valence-corrected chi connectivity index (χ4v) is 4.57. The lowest BCUT2D eigenvalue weighted by atomic mass is 9.89. The lowest BCUT2D eigenvalue weighted by Gasteiger charge is -2.42. The largest absolute Gasteiger partial charge is 0.381 e. The van der Waals surface area contributed by atoms with E-state index in [1.165, 1.54) is 6.20 Å². The molecule has 2 fully saturated rings. The lowest BCUT2D eigenvalue weighted by molar-refractivity contribution is -0.144. The van der Waals surface area contributed by atoms with E-state index in [1.807, 2.05) is 33.0 Å². The molecule has 0 aliphatic carbocycles. The third kappa shape index (κ3) is 3.05. The van der Waals surface area contributed by atoms with Gasteiger partial charge in [-0.25, -0.2) is 4.98 Å². The highest BCUT2D eigenvalue weighted by molar-refractivity contribution is 6.06. The third-order valence-electron chi connectivity index (χ3n) is 5.81. The molecule has 7 nitrogen and oxygen atoms in total. The number of nitrogens with zero attached hydrogens (tertiary/aromatic N) is 2. The first-order valence-corrected chi connectivity index (χ1v) is 9.61. The zero-order valence-corrected chi connectivity index (χ0v) is 16.1. The van der Waals surface area contributed by atoms with Gasteiger partial charge in [-0.05, 0) is 31.7 Å². The standard InChI is InChI=1S/C20H27N5O2/c1-20(2,3)19(27)25-12-4-5-13(25)9-11(8-12)24-16-14-6-7-22-18(14)23-10-15(16)17(21)26/h6-7,10-13H,4-5,8-9H2,1-3H3,(H2,21,26)(H2,22,23,24)/t11-,12-,13+. The van der Waals surface area contributed by atoms with E-state index in [-0.39, 0.29) is 29.4 Å².